The van der Waals surface area contributed by atoms with Crippen LogP contribution in [-0.4, -0.2) is 64.5 Å². The maximum Gasteiger partial charge on any atom is 0.259 e. The number of carbonyl (C=O) groups is 1. The molecule has 1 saturated carbocycles. The van der Waals surface area contributed by atoms with Crippen molar-refractivity contribution < 1.29 is 14.1 Å². The highest BCUT2D eigenvalue weighted by Crippen LogP contribution is 2.42. The van der Waals surface area contributed by atoms with Crippen molar-refractivity contribution in [3.63, 3.8) is 0 Å². The van der Waals surface area contributed by atoms with E-state index < -0.39 is 0 Å². The summed E-state index contributed by atoms with van der Waals surface area (Å²) in [6.07, 6.45) is 7.49. The molecule has 11 nitrogen and oxygen atoms in total. The second kappa shape index (κ2) is 7.93. The predicted octanol–water partition coefficient (Wildman–Crippen LogP) is 2.71. The van der Waals surface area contributed by atoms with Crippen molar-refractivity contribution in [1.29, 1.82) is 0 Å². The average molecular weight is 463 g/mol. The number of fused-ring (bicyclic) bond motifs is 1. The first-order valence-electron chi connectivity index (χ1n) is 11.7. The molecule has 11 heteroatoms. The summed E-state index contributed by atoms with van der Waals surface area (Å²) in [6, 6.07) is 0. The smallest absolute Gasteiger partial charge is 0.259 e. The lowest BCUT2D eigenvalue weighted by atomic mass is 10.2. The van der Waals surface area contributed by atoms with E-state index in [2.05, 4.69) is 27.1 Å². The highest BCUT2D eigenvalue weighted by atomic mass is 16.5. The molecule has 0 radical (unpaired) electrons. The van der Waals surface area contributed by atoms with Crippen molar-refractivity contribution in [3.8, 4) is 17.3 Å². The zero-order chi connectivity index (χ0) is 23.4. The van der Waals surface area contributed by atoms with Gasteiger partial charge < -0.3 is 18.7 Å². The molecule has 4 aromatic heterocycles. The number of rotatable bonds is 6. The van der Waals surface area contributed by atoms with Crippen molar-refractivity contribution in [2.45, 2.75) is 51.7 Å². The lowest BCUT2D eigenvalue weighted by molar-refractivity contribution is 0.0769. The van der Waals surface area contributed by atoms with Gasteiger partial charge in [-0.15, -0.1) is 0 Å². The molecule has 0 bridgehead atoms. The molecule has 0 spiro atoms. The number of likely N-dealkylation sites (tertiary alicyclic amines) is 1. The van der Waals surface area contributed by atoms with Crippen molar-refractivity contribution in [2.24, 2.45) is 7.05 Å². The summed E-state index contributed by atoms with van der Waals surface area (Å²) in [6.45, 7) is 5.96. The summed E-state index contributed by atoms with van der Waals surface area (Å²) in [5.41, 5.74) is 3.85. The Balaban J connectivity index is 1.23. The Labute approximate surface area is 195 Å². The summed E-state index contributed by atoms with van der Waals surface area (Å²) >= 11 is 0. The lowest BCUT2D eigenvalue weighted by Crippen LogP contribution is -2.31. The van der Waals surface area contributed by atoms with E-state index in [0.29, 0.717) is 48.0 Å². The normalized spacial score (nSPS) is 18.2. The first-order valence-corrected chi connectivity index (χ1v) is 11.7. The maximum atomic E-state index is 13.1. The quantitative estimate of drug-likeness (QED) is 0.429. The Morgan fingerprint density at radius 1 is 1.24 bits per heavy atom. The molecule has 1 aliphatic heterocycles. The van der Waals surface area contributed by atoms with Crippen LogP contribution in [0.1, 0.15) is 53.9 Å². The number of hydrogen-bond donors (Lipinski definition) is 0. The van der Waals surface area contributed by atoms with Gasteiger partial charge in [0.25, 0.3) is 5.91 Å². The third-order valence-corrected chi connectivity index (χ3v) is 6.75. The molecule has 0 unspecified atom stereocenters. The van der Waals surface area contributed by atoms with E-state index in [4.69, 9.17) is 14.2 Å². The number of aryl methyl sites for hydroxylation is 2. The minimum absolute atomic E-state index is 0.0504. The summed E-state index contributed by atoms with van der Waals surface area (Å²) in [7, 11) is 1.93. The van der Waals surface area contributed by atoms with Crippen LogP contribution in [0, 0.1) is 6.92 Å². The Hall–Kier alpha value is -3.76. The largest absolute Gasteiger partial charge is 0.471 e. The van der Waals surface area contributed by atoms with Crippen LogP contribution in [0.5, 0.6) is 5.88 Å². The monoisotopic (exact) mass is 462 g/mol. The van der Waals surface area contributed by atoms with Gasteiger partial charge in [-0.25, -0.2) is 9.97 Å². The third-order valence-electron chi connectivity index (χ3n) is 6.75. The van der Waals surface area contributed by atoms with Crippen molar-refractivity contribution in [1.82, 2.24) is 39.4 Å². The molecule has 176 valence electrons. The molecule has 1 amide bonds. The van der Waals surface area contributed by atoms with Crippen LogP contribution < -0.4 is 4.74 Å². The van der Waals surface area contributed by atoms with Crippen LogP contribution in [0.4, 0.5) is 0 Å². The highest BCUT2D eigenvalue weighted by molar-refractivity contribution is 5.95. The van der Waals surface area contributed by atoms with Gasteiger partial charge in [0.05, 0.1) is 24.5 Å². The van der Waals surface area contributed by atoms with Crippen LogP contribution in [0.15, 0.2) is 23.2 Å². The number of amides is 1. The molecule has 2 fully saturated rings. The SMILES string of the molecule is CCn1ncc(-c2nc3c(O[C@H]4CCN(C(=O)c5cnoc5C5CC5)C4)ncnc3n2C)c1C. The molecular weight excluding hydrogens is 436 g/mol. The van der Waals surface area contributed by atoms with Crippen LogP contribution in [-0.2, 0) is 13.6 Å². The van der Waals surface area contributed by atoms with Crippen molar-refractivity contribution >= 4 is 17.1 Å². The Morgan fingerprint density at radius 2 is 2.09 bits per heavy atom. The molecule has 2 aliphatic rings. The van der Waals surface area contributed by atoms with Crippen molar-refractivity contribution in [3.05, 3.63) is 35.7 Å². The van der Waals surface area contributed by atoms with E-state index in [0.717, 1.165) is 42.2 Å². The minimum atomic E-state index is -0.179. The topological polar surface area (TPSA) is 117 Å². The third kappa shape index (κ3) is 3.34. The number of hydrogen-bond acceptors (Lipinski definition) is 8. The first-order chi connectivity index (χ1) is 16.5. The second-order valence-electron chi connectivity index (χ2n) is 8.96. The first kappa shape index (κ1) is 20.8. The van der Waals surface area contributed by atoms with Gasteiger partial charge in [0.1, 0.15) is 23.8 Å². The number of carbonyl (C=O) groups excluding carboxylic acids is 1. The average Bonchev–Trinajstić information content (AvgIpc) is 3.19. The van der Waals surface area contributed by atoms with E-state index in [1.165, 1.54) is 12.5 Å². The number of aromatic nitrogens is 7. The fourth-order valence-electron chi connectivity index (χ4n) is 4.68. The Morgan fingerprint density at radius 3 is 2.85 bits per heavy atom. The molecule has 34 heavy (non-hydrogen) atoms. The zero-order valence-electron chi connectivity index (χ0n) is 19.4. The van der Waals surface area contributed by atoms with Gasteiger partial charge in [-0.1, -0.05) is 5.16 Å². The standard InChI is InChI=1S/C23H26N8O3/c1-4-31-13(2)16(9-26-31)20-28-18-21(29(20)3)24-12-25-22(18)33-15-7-8-30(11-15)23(32)17-10-27-34-19(17)14-5-6-14/h9-10,12,14-15H,4-8,11H2,1-3H3/t15-/m0/s1. The van der Waals surface area contributed by atoms with Gasteiger partial charge in [-0.05, 0) is 26.7 Å². The Kier molecular flexibility index (Phi) is 4.85. The van der Waals surface area contributed by atoms with Gasteiger partial charge in [0.2, 0.25) is 5.88 Å². The summed E-state index contributed by atoms with van der Waals surface area (Å²) < 4.78 is 15.5. The molecule has 4 aromatic rings. The predicted molar refractivity (Wildman–Crippen MR) is 121 cm³/mol. The van der Waals surface area contributed by atoms with E-state index in [1.807, 2.05) is 29.4 Å². The van der Waals surface area contributed by atoms with Crippen LogP contribution in [0.3, 0.4) is 0 Å². The molecule has 1 atom stereocenters. The van der Waals surface area contributed by atoms with Gasteiger partial charge in [0.15, 0.2) is 16.9 Å². The van der Waals surface area contributed by atoms with Crippen LogP contribution >= 0.6 is 0 Å². The van der Waals surface area contributed by atoms with Gasteiger partial charge in [0, 0.05) is 38.2 Å². The van der Waals surface area contributed by atoms with Gasteiger partial charge >= 0.3 is 0 Å². The maximum absolute atomic E-state index is 13.1. The highest BCUT2D eigenvalue weighted by Gasteiger charge is 2.36. The minimum Gasteiger partial charge on any atom is -0.471 e. The summed E-state index contributed by atoms with van der Waals surface area (Å²) in [4.78, 5) is 28.5. The fourth-order valence-corrected chi connectivity index (χ4v) is 4.68. The van der Waals surface area contributed by atoms with E-state index in [9.17, 15) is 4.79 Å². The molecule has 5 heterocycles. The fraction of sp³-hybridized carbons (Fsp3) is 0.478. The van der Waals surface area contributed by atoms with E-state index >= 15 is 0 Å². The summed E-state index contributed by atoms with van der Waals surface area (Å²) in [5, 5.41) is 8.30. The molecular formula is C23H26N8O3. The molecule has 6 rings (SSSR count). The molecule has 0 N–H and O–H groups in total. The van der Waals surface area contributed by atoms with Crippen molar-refractivity contribution in [2.75, 3.05) is 13.1 Å². The van der Waals surface area contributed by atoms with E-state index in [-0.39, 0.29) is 12.0 Å². The van der Waals surface area contributed by atoms with E-state index in [1.54, 1.807) is 4.90 Å². The second-order valence-corrected chi connectivity index (χ2v) is 8.96. The number of nitrogens with zero attached hydrogens (tertiary/aromatic N) is 8. The zero-order valence-corrected chi connectivity index (χ0v) is 19.4. The Bertz CT molecular complexity index is 1380. The molecule has 1 saturated heterocycles. The van der Waals surface area contributed by atoms with Gasteiger partial charge in [-0.2, -0.15) is 10.1 Å². The summed E-state index contributed by atoms with van der Waals surface area (Å²) in [5.74, 6) is 2.19. The van der Waals surface area contributed by atoms with Gasteiger partial charge in [-0.3, -0.25) is 9.48 Å². The molecule has 1 aliphatic carbocycles. The van der Waals surface area contributed by atoms with Crippen LogP contribution in [0.25, 0.3) is 22.6 Å². The number of imidazole rings is 1. The number of ether oxygens (including phenoxy) is 1. The van der Waals surface area contributed by atoms with Crippen LogP contribution in [0.2, 0.25) is 0 Å². The molecule has 0 aromatic carbocycles. The lowest BCUT2D eigenvalue weighted by Gasteiger charge is -2.16.